The zero-order valence-corrected chi connectivity index (χ0v) is 10.5. The van der Waals surface area contributed by atoms with Gasteiger partial charge in [0.05, 0.1) is 7.11 Å². The molecule has 1 aromatic carbocycles. The normalized spacial score (nSPS) is 10.1. The molecule has 2 rings (SSSR count). The Bertz CT molecular complexity index is 550. The van der Waals surface area contributed by atoms with E-state index in [1.165, 1.54) is 0 Å². The summed E-state index contributed by atoms with van der Waals surface area (Å²) in [4.78, 5) is 16.0. The Kier molecular flexibility index (Phi) is 3.72. The summed E-state index contributed by atoms with van der Waals surface area (Å²) in [5.74, 6) is 0.862. The lowest BCUT2D eigenvalue weighted by atomic mass is 10.0. The molecule has 0 saturated heterocycles. The number of pyridine rings is 1. The molecule has 0 unspecified atom stereocenters. The molecule has 0 amide bonds. The third-order valence-corrected chi connectivity index (χ3v) is 2.85. The largest absolute Gasteiger partial charge is 0.496 e. The van der Waals surface area contributed by atoms with Crippen molar-refractivity contribution in [3.8, 4) is 5.75 Å². The average Bonchev–Trinajstić information content (AvgIpc) is 2.40. The molecular formula is C15H15NO2. The lowest BCUT2D eigenvalue weighted by molar-refractivity contribution is 0.0992. The molecule has 0 aliphatic rings. The highest BCUT2D eigenvalue weighted by Crippen LogP contribution is 2.24. The number of hydrogen-bond donors (Lipinski definition) is 0. The second-order valence-electron chi connectivity index (χ2n) is 4.10. The number of aromatic nitrogens is 1. The van der Waals surface area contributed by atoms with Gasteiger partial charge in [-0.2, -0.15) is 0 Å². The molecule has 0 atom stereocenters. The number of Topliss-reactive ketones (excluding diaryl/α,β-unsaturated/α-hetero) is 1. The molecule has 3 heteroatoms. The monoisotopic (exact) mass is 241 g/mol. The van der Waals surface area contributed by atoms with Crippen molar-refractivity contribution < 1.29 is 9.53 Å². The predicted molar refractivity (Wildman–Crippen MR) is 70.0 cm³/mol. The number of carbonyl (C=O) groups is 1. The van der Waals surface area contributed by atoms with E-state index < -0.39 is 0 Å². The molecule has 1 heterocycles. The van der Waals surface area contributed by atoms with Crippen LogP contribution in [0, 0.1) is 6.92 Å². The van der Waals surface area contributed by atoms with Crippen LogP contribution in [0.5, 0.6) is 5.75 Å². The standard InChI is InChI=1S/C15H15NO2/c1-11-4-3-5-13(15(11)18-2)10-14(17)12-6-8-16-9-7-12/h3-9H,10H2,1-2H3. The van der Waals surface area contributed by atoms with E-state index in [4.69, 9.17) is 4.74 Å². The zero-order valence-electron chi connectivity index (χ0n) is 10.5. The van der Waals surface area contributed by atoms with E-state index in [-0.39, 0.29) is 5.78 Å². The number of benzene rings is 1. The SMILES string of the molecule is COc1c(C)cccc1CC(=O)c1ccncc1. The van der Waals surface area contributed by atoms with Crippen molar-refractivity contribution in [2.45, 2.75) is 13.3 Å². The molecular weight excluding hydrogens is 226 g/mol. The summed E-state index contributed by atoms with van der Waals surface area (Å²) < 4.78 is 5.35. The first-order valence-electron chi connectivity index (χ1n) is 5.78. The highest BCUT2D eigenvalue weighted by molar-refractivity contribution is 5.97. The fourth-order valence-corrected chi connectivity index (χ4v) is 1.96. The Labute approximate surface area is 106 Å². The quantitative estimate of drug-likeness (QED) is 0.773. The van der Waals surface area contributed by atoms with Crippen LogP contribution in [0.4, 0.5) is 0 Å². The van der Waals surface area contributed by atoms with E-state index in [1.807, 2.05) is 25.1 Å². The van der Waals surface area contributed by atoms with Crippen LogP contribution in [0.3, 0.4) is 0 Å². The summed E-state index contributed by atoms with van der Waals surface area (Å²) in [5, 5.41) is 0. The summed E-state index contributed by atoms with van der Waals surface area (Å²) >= 11 is 0. The molecule has 0 spiro atoms. The number of carbonyl (C=O) groups excluding carboxylic acids is 1. The highest BCUT2D eigenvalue weighted by Gasteiger charge is 2.11. The van der Waals surface area contributed by atoms with Crippen molar-refractivity contribution in [2.24, 2.45) is 0 Å². The number of para-hydroxylation sites is 1. The van der Waals surface area contributed by atoms with E-state index in [0.717, 1.165) is 16.9 Å². The molecule has 18 heavy (non-hydrogen) atoms. The number of hydrogen-bond acceptors (Lipinski definition) is 3. The van der Waals surface area contributed by atoms with Crippen molar-refractivity contribution in [1.29, 1.82) is 0 Å². The van der Waals surface area contributed by atoms with Crippen LogP contribution in [0.2, 0.25) is 0 Å². The van der Waals surface area contributed by atoms with Crippen LogP contribution in [-0.2, 0) is 6.42 Å². The van der Waals surface area contributed by atoms with Crippen LogP contribution in [0.15, 0.2) is 42.7 Å². The molecule has 1 aromatic heterocycles. The smallest absolute Gasteiger partial charge is 0.167 e. The second kappa shape index (κ2) is 5.45. The molecule has 0 fully saturated rings. The van der Waals surface area contributed by atoms with Crippen LogP contribution in [0.25, 0.3) is 0 Å². The third-order valence-electron chi connectivity index (χ3n) is 2.85. The van der Waals surface area contributed by atoms with Crippen molar-refractivity contribution in [3.63, 3.8) is 0 Å². The van der Waals surface area contributed by atoms with Crippen molar-refractivity contribution in [1.82, 2.24) is 4.98 Å². The molecule has 0 aliphatic carbocycles. The van der Waals surface area contributed by atoms with Gasteiger partial charge in [0.2, 0.25) is 0 Å². The van der Waals surface area contributed by atoms with Gasteiger partial charge in [-0.3, -0.25) is 9.78 Å². The minimum Gasteiger partial charge on any atom is -0.496 e. The number of rotatable bonds is 4. The third kappa shape index (κ3) is 2.56. The lowest BCUT2D eigenvalue weighted by Crippen LogP contribution is -2.05. The predicted octanol–water partition coefficient (Wildman–Crippen LogP) is 2.82. The van der Waals surface area contributed by atoms with Gasteiger partial charge in [0.15, 0.2) is 5.78 Å². The van der Waals surface area contributed by atoms with Crippen LogP contribution >= 0.6 is 0 Å². The fraction of sp³-hybridized carbons (Fsp3) is 0.200. The first-order chi connectivity index (χ1) is 8.72. The van der Waals surface area contributed by atoms with Gasteiger partial charge in [0.1, 0.15) is 5.75 Å². The average molecular weight is 241 g/mol. The van der Waals surface area contributed by atoms with Gasteiger partial charge in [0.25, 0.3) is 0 Å². The number of aryl methyl sites for hydroxylation is 1. The Morgan fingerprint density at radius 2 is 1.94 bits per heavy atom. The van der Waals surface area contributed by atoms with Gasteiger partial charge in [-0.05, 0) is 24.6 Å². The highest BCUT2D eigenvalue weighted by atomic mass is 16.5. The van der Waals surface area contributed by atoms with Crippen molar-refractivity contribution in [3.05, 3.63) is 59.4 Å². The summed E-state index contributed by atoms with van der Waals surface area (Å²) in [6, 6.07) is 9.28. The first-order valence-corrected chi connectivity index (χ1v) is 5.78. The fourth-order valence-electron chi connectivity index (χ4n) is 1.96. The number of ketones is 1. The maximum Gasteiger partial charge on any atom is 0.167 e. The molecule has 0 saturated carbocycles. The van der Waals surface area contributed by atoms with Crippen molar-refractivity contribution >= 4 is 5.78 Å². The van der Waals surface area contributed by atoms with Crippen LogP contribution < -0.4 is 4.74 Å². The Morgan fingerprint density at radius 3 is 2.61 bits per heavy atom. The maximum atomic E-state index is 12.1. The molecule has 0 aliphatic heterocycles. The maximum absolute atomic E-state index is 12.1. The van der Waals surface area contributed by atoms with Gasteiger partial charge in [-0.1, -0.05) is 18.2 Å². The van der Waals surface area contributed by atoms with Crippen LogP contribution in [0.1, 0.15) is 21.5 Å². The molecule has 3 nitrogen and oxygen atoms in total. The first kappa shape index (κ1) is 12.3. The topological polar surface area (TPSA) is 39.2 Å². The van der Waals surface area contributed by atoms with Gasteiger partial charge in [-0.15, -0.1) is 0 Å². The van der Waals surface area contributed by atoms with Gasteiger partial charge >= 0.3 is 0 Å². The van der Waals surface area contributed by atoms with E-state index in [1.54, 1.807) is 31.6 Å². The second-order valence-corrected chi connectivity index (χ2v) is 4.10. The van der Waals surface area contributed by atoms with Gasteiger partial charge in [-0.25, -0.2) is 0 Å². The van der Waals surface area contributed by atoms with Gasteiger partial charge < -0.3 is 4.74 Å². The number of nitrogens with zero attached hydrogens (tertiary/aromatic N) is 1. The summed E-state index contributed by atoms with van der Waals surface area (Å²) in [6.45, 7) is 1.97. The minimum atomic E-state index is 0.0706. The molecule has 92 valence electrons. The van der Waals surface area contributed by atoms with Crippen LogP contribution in [-0.4, -0.2) is 17.9 Å². The van der Waals surface area contributed by atoms with E-state index in [0.29, 0.717) is 12.0 Å². The van der Waals surface area contributed by atoms with Gasteiger partial charge in [0, 0.05) is 29.9 Å². The van der Waals surface area contributed by atoms with E-state index in [9.17, 15) is 4.79 Å². The number of methoxy groups -OCH3 is 1. The Balaban J connectivity index is 2.25. The molecule has 0 N–H and O–H groups in total. The Hall–Kier alpha value is -2.16. The molecule has 0 bridgehead atoms. The molecule has 2 aromatic rings. The van der Waals surface area contributed by atoms with E-state index in [2.05, 4.69) is 4.98 Å². The summed E-state index contributed by atoms with van der Waals surface area (Å²) in [5.41, 5.74) is 2.63. The molecule has 0 radical (unpaired) electrons. The zero-order chi connectivity index (χ0) is 13.0. The number of ether oxygens (including phenoxy) is 1. The summed E-state index contributed by atoms with van der Waals surface area (Å²) in [7, 11) is 1.63. The Morgan fingerprint density at radius 1 is 1.22 bits per heavy atom. The van der Waals surface area contributed by atoms with Crippen molar-refractivity contribution in [2.75, 3.05) is 7.11 Å². The summed E-state index contributed by atoms with van der Waals surface area (Å²) in [6.07, 6.45) is 3.59. The lowest BCUT2D eigenvalue weighted by Gasteiger charge is -2.10. The van der Waals surface area contributed by atoms with E-state index >= 15 is 0 Å². The minimum absolute atomic E-state index is 0.0706.